The summed E-state index contributed by atoms with van der Waals surface area (Å²) in [6, 6.07) is 2.84. The van der Waals surface area contributed by atoms with Crippen molar-refractivity contribution in [2.75, 3.05) is 17.2 Å². The predicted octanol–water partition coefficient (Wildman–Crippen LogP) is 1.87. The third kappa shape index (κ3) is 2.08. The van der Waals surface area contributed by atoms with Gasteiger partial charge in [0.05, 0.1) is 10.6 Å². The number of thioether (sulfide) groups is 1. The minimum absolute atomic E-state index is 0.136. The highest BCUT2D eigenvalue weighted by Crippen LogP contribution is 2.33. The number of nitrogen functional groups attached to an aromatic ring is 2. The summed E-state index contributed by atoms with van der Waals surface area (Å²) in [6.07, 6.45) is 0. The highest BCUT2D eigenvalue weighted by atomic mass is 32.2. The molecule has 0 aromatic heterocycles. The van der Waals surface area contributed by atoms with Crippen molar-refractivity contribution < 1.29 is 4.92 Å². The van der Waals surface area contributed by atoms with Crippen LogP contribution in [0.15, 0.2) is 17.0 Å². The van der Waals surface area contributed by atoms with Gasteiger partial charge in [0.1, 0.15) is 5.69 Å². The first-order chi connectivity index (χ1) is 6.56. The lowest BCUT2D eigenvalue weighted by molar-refractivity contribution is -0.383. The van der Waals surface area contributed by atoms with Crippen molar-refractivity contribution in [2.45, 2.75) is 11.8 Å². The molecule has 76 valence electrons. The van der Waals surface area contributed by atoms with Crippen LogP contribution in [-0.4, -0.2) is 10.7 Å². The first-order valence-corrected chi connectivity index (χ1v) is 5.01. The average Bonchev–Trinajstić information content (AvgIpc) is 2.10. The first-order valence-electron chi connectivity index (χ1n) is 4.02. The van der Waals surface area contributed by atoms with Gasteiger partial charge in [0.15, 0.2) is 0 Å². The van der Waals surface area contributed by atoms with E-state index in [-0.39, 0.29) is 11.4 Å². The van der Waals surface area contributed by atoms with E-state index >= 15 is 0 Å². The third-order valence-electron chi connectivity index (χ3n) is 1.66. The van der Waals surface area contributed by atoms with Gasteiger partial charge < -0.3 is 11.5 Å². The number of benzene rings is 1. The second kappa shape index (κ2) is 4.19. The fourth-order valence-electron chi connectivity index (χ4n) is 1.04. The van der Waals surface area contributed by atoms with Gasteiger partial charge in [-0.1, -0.05) is 6.92 Å². The van der Waals surface area contributed by atoms with Gasteiger partial charge in [-0.25, -0.2) is 0 Å². The van der Waals surface area contributed by atoms with Crippen molar-refractivity contribution in [1.29, 1.82) is 0 Å². The summed E-state index contributed by atoms with van der Waals surface area (Å²) in [7, 11) is 0. The van der Waals surface area contributed by atoms with Crippen molar-refractivity contribution in [3.8, 4) is 0 Å². The van der Waals surface area contributed by atoms with Crippen LogP contribution in [0.1, 0.15) is 6.92 Å². The van der Waals surface area contributed by atoms with Crippen LogP contribution < -0.4 is 11.5 Å². The maximum atomic E-state index is 10.5. The van der Waals surface area contributed by atoms with E-state index in [1.54, 1.807) is 6.07 Å². The van der Waals surface area contributed by atoms with Gasteiger partial charge in [-0.05, 0) is 11.8 Å². The van der Waals surface area contributed by atoms with Gasteiger partial charge in [0.25, 0.3) is 5.69 Å². The molecule has 0 bridgehead atoms. The molecular formula is C8H11N3O2S. The fraction of sp³-hybridized carbons (Fsp3) is 0.250. The number of rotatable bonds is 3. The van der Waals surface area contributed by atoms with Gasteiger partial charge >= 0.3 is 0 Å². The second-order valence-corrected chi connectivity index (χ2v) is 3.94. The number of nitro benzene ring substituents is 1. The maximum Gasteiger partial charge on any atom is 0.294 e. The molecule has 0 aliphatic carbocycles. The van der Waals surface area contributed by atoms with Crippen molar-refractivity contribution in [2.24, 2.45) is 0 Å². The fourth-order valence-corrected chi connectivity index (χ4v) is 1.79. The molecule has 0 heterocycles. The molecule has 0 unspecified atom stereocenters. The predicted molar refractivity (Wildman–Crippen MR) is 58.3 cm³/mol. The summed E-state index contributed by atoms with van der Waals surface area (Å²) >= 11 is 1.51. The first kappa shape index (κ1) is 10.6. The quantitative estimate of drug-likeness (QED) is 0.346. The Morgan fingerprint density at radius 3 is 2.57 bits per heavy atom. The highest BCUT2D eigenvalue weighted by Gasteiger charge is 2.14. The molecule has 0 radical (unpaired) electrons. The van der Waals surface area contributed by atoms with Gasteiger partial charge in [0, 0.05) is 11.0 Å². The molecular weight excluding hydrogens is 202 g/mol. The molecule has 0 aliphatic heterocycles. The average molecular weight is 213 g/mol. The van der Waals surface area contributed by atoms with E-state index in [0.717, 1.165) is 10.6 Å². The van der Waals surface area contributed by atoms with Crippen LogP contribution >= 0.6 is 11.8 Å². The summed E-state index contributed by atoms with van der Waals surface area (Å²) < 4.78 is 0. The molecule has 1 aromatic rings. The van der Waals surface area contributed by atoms with Gasteiger partial charge in [-0.2, -0.15) is 0 Å². The van der Waals surface area contributed by atoms with Crippen LogP contribution in [0.25, 0.3) is 0 Å². The highest BCUT2D eigenvalue weighted by molar-refractivity contribution is 7.99. The molecule has 0 fully saturated rings. The van der Waals surface area contributed by atoms with Crippen molar-refractivity contribution >= 4 is 28.8 Å². The largest absolute Gasteiger partial charge is 0.398 e. The minimum Gasteiger partial charge on any atom is -0.398 e. The molecule has 1 aromatic carbocycles. The number of nitrogens with two attached hydrogens (primary N) is 2. The van der Waals surface area contributed by atoms with Crippen LogP contribution in [-0.2, 0) is 0 Å². The lowest BCUT2D eigenvalue weighted by atomic mass is 10.2. The Balaban J connectivity index is 3.17. The molecule has 0 atom stereocenters. The van der Waals surface area contributed by atoms with Crippen LogP contribution in [0.2, 0.25) is 0 Å². The Bertz CT molecular complexity index is 368. The molecule has 1 rings (SSSR count). The molecule has 5 nitrogen and oxygen atoms in total. The normalized spacial score (nSPS) is 10.1. The Morgan fingerprint density at radius 2 is 2.07 bits per heavy atom. The van der Waals surface area contributed by atoms with Gasteiger partial charge in [-0.15, -0.1) is 11.8 Å². The Labute approximate surface area is 85.6 Å². The molecule has 14 heavy (non-hydrogen) atoms. The van der Waals surface area contributed by atoms with E-state index < -0.39 is 4.92 Å². The lowest BCUT2D eigenvalue weighted by Crippen LogP contribution is -1.99. The van der Waals surface area contributed by atoms with E-state index in [4.69, 9.17) is 11.5 Å². The summed E-state index contributed by atoms with van der Waals surface area (Å²) in [5.41, 5.74) is 11.6. The van der Waals surface area contributed by atoms with Crippen molar-refractivity contribution in [3.05, 3.63) is 22.2 Å². The molecule has 0 saturated heterocycles. The minimum atomic E-state index is -0.536. The third-order valence-corrected chi connectivity index (χ3v) is 2.61. The van der Waals surface area contributed by atoms with E-state index in [2.05, 4.69) is 0 Å². The van der Waals surface area contributed by atoms with Crippen LogP contribution in [0.3, 0.4) is 0 Å². The van der Waals surface area contributed by atoms with Crippen LogP contribution in [0, 0.1) is 10.1 Å². The smallest absolute Gasteiger partial charge is 0.294 e. The summed E-state index contributed by atoms with van der Waals surface area (Å²) in [4.78, 5) is 10.8. The SMILES string of the molecule is CCSc1cc(N)c([N+](=O)[O-])cc1N. The van der Waals surface area contributed by atoms with Gasteiger partial charge in [-0.3, -0.25) is 10.1 Å². The Morgan fingerprint density at radius 1 is 1.43 bits per heavy atom. The zero-order valence-corrected chi connectivity index (χ0v) is 8.50. The summed E-state index contributed by atoms with van der Waals surface area (Å²) in [5.74, 6) is 0.849. The number of anilines is 2. The monoisotopic (exact) mass is 213 g/mol. The van der Waals surface area contributed by atoms with Crippen LogP contribution in [0.5, 0.6) is 0 Å². The number of hydrogen-bond acceptors (Lipinski definition) is 5. The van der Waals surface area contributed by atoms with Crippen molar-refractivity contribution in [1.82, 2.24) is 0 Å². The Hall–Kier alpha value is -1.43. The number of nitrogens with zero attached hydrogens (tertiary/aromatic N) is 1. The summed E-state index contributed by atoms with van der Waals surface area (Å²) in [6.45, 7) is 1.97. The number of hydrogen-bond donors (Lipinski definition) is 2. The van der Waals surface area contributed by atoms with Crippen molar-refractivity contribution in [3.63, 3.8) is 0 Å². The van der Waals surface area contributed by atoms with E-state index in [1.807, 2.05) is 6.92 Å². The van der Waals surface area contributed by atoms with Gasteiger partial charge in [0.2, 0.25) is 0 Å². The number of nitro groups is 1. The Kier molecular flexibility index (Phi) is 3.19. The van der Waals surface area contributed by atoms with E-state index in [1.165, 1.54) is 17.8 Å². The molecule has 0 aliphatic rings. The summed E-state index contributed by atoms with van der Waals surface area (Å²) in [5, 5.41) is 10.5. The van der Waals surface area contributed by atoms with Crippen LogP contribution in [0.4, 0.5) is 17.1 Å². The molecule has 0 spiro atoms. The molecule has 4 N–H and O–H groups in total. The standard InChI is InChI=1S/C8H11N3O2S/c1-2-14-8-4-5(9)7(11(12)13)3-6(8)10/h3-4H,2,9-10H2,1H3. The molecule has 0 saturated carbocycles. The second-order valence-electron chi connectivity index (χ2n) is 2.64. The molecule has 0 amide bonds. The van der Waals surface area contributed by atoms with E-state index in [9.17, 15) is 10.1 Å². The zero-order valence-electron chi connectivity index (χ0n) is 7.69. The molecule has 6 heteroatoms. The maximum absolute atomic E-state index is 10.5. The zero-order chi connectivity index (χ0) is 10.7. The lowest BCUT2D eigenvalue weighted by Gasteiger charge is -2.05. The van der Waals surface area contributed by atoms with E-state index in [0.29, 0.717) is 5.69 Å². The topological polar surface area (TPSA) is 95.2 Å².